The summed E-state index contributed by atoms with van der Waals surface area (Å²) in [5, 5.41) is 21.3. The fourth-order valence-corrected chi connectivity index (χ4v) is 5.12. The topological polar surface area (TPSA) is 69.1 Å². The molecule has 0 amide bonds. The van der Waals surface area contributed by atoms with Crippen molar-refractivity contribution in [2.75, 3.05) is 31.1 Å². The van der Waals surface area contributed by atoms with Gasteiger partial charge in [-0.15, -0.1) is 0 Å². The minimum atomic E-state index is -1.15. The van der Waals surface area contributed by atoms with Gasteiger partial charge in [-0.1, -0.05) is 36.7 Å². The quantitative estimate of drug-likeness (QED) is 0.393. The van der Waals surface area contributed by atoms with Crippen molar-refractivity contribution in [3.8, 4) is 5.75 Å². The molecule has 0 unspecified atom stereocenters. The number of ether oxygens (including phenoxy) is 1. The van der Waals surface area contributed by atoms with Crippen molar-refractivity contribution in [2.45, 2.75) is 51.5 Å². The van der Waals surface area contributed by atoms with E-state index in [2.05, 4.69) is 28.6 Å². The van der Waals surface area contributed by atoms with Crippen LogP contribution < -0.4 is 9.64 Å². The number of rotatable bonds is 9. The van der Waals surface area contributed by atoms with Crippen molar-refractivity contribution in [1.82, 2.24) is 9.88 Å². The summed E-state index contributed by atoms with van der Waals surface area (Å²) >= 11 is 6.75. The van der Waals surface area contributed by atoms with E-state index in [1.807, 2.05) is 30.3 Å². The van der Waals surface area contributed by atoms with Gasteiger partial charge in [0.05, 0.1) is 35.7 Å². The molecule has 0 bridgehead atoms. The molecule has 4 rings (SSSR count). The molecule has 1 saturated heterocycles. The zero-order chi connectivity index (χ0) is 26.6. The monoisotopic (exact) mass is 527 g/mol. The Kier molecular flexibility index (Phi) is 8.70. The Balaban J connectivity index is 1.62. The van der Waals surface area contributed by atoms with Crippen LogP contribution in [0, 0.1) is 5.82 Å². The van der Waals surface area contributed by atoms with Crippen LogP contribution in [0.4, 0.5) is 10.1 Å². The van der Waals surface area contributed by atoms with Gasteiger partial charge in [0.25, 0.3) is 0 Å². The van der Waals surface area contributed by atoms with Gasteiger partial charge in [-0.05, 0) is 56.2 Å². The number of hydrogen-bond acceptors (Lipinski definition) is 6. The summed E-state index contributed by atoms with van der Waals surface area (Å²) in [6.07, 6.45) is 2.53. The first-order valence-electron chi connectivity index (χ1n) is 12.7. The summed E-state index contributed by atoms with van der Waals surface area (Å²) < 4.78 is 19.5. The number of benzene rings is 2. The summed E-state index contributed by atoms with van der Waals surface area (Å²) in [4.78, 5) is 8.74. The molecule has 8 heteroatoms. The summed E-state index contributed by atoms with van der Waals surface area (Å²) in [5.74, 6) is 0.450. The molecule has 1 aromatic heterocycles. The number of anilines is 1. The molecule has 0 aliphatic carbocycles. The van der Waals surface area contributed by atoms with Crippen molar-refractivity contribution < 1.29 is 19.3 Å². The zero-order valence-electron chi connectivity index (χ0n) is 21.6. The summed E-state index contributed by atoms with van der Waals surface area (Å²) in [6, 6.07) is 15.9. The Labute approximate surface area is 223 Å². The van der Waals surface area contributed by atoms with Crippen molar-refractivity contribution in [3.63, 3.8) is 0 Å². The molecule has 2 N–H and O–H groups in total. The van der Waals surface area contributed by atoms with Crippen molar-refractivity contribution in [2.24, 2.45) is 0 Å². The maximum absolute atomic E-state index is 13.8. The molecule has 198 valence electrons. The van der Waals surface area contributed by atoms with Crippen LogP contribution in [0.25, 0.3) is 0 Å². The van der Waals surface area contributed by atoms with Gasteiger partial charge in [-0.25, -0.2) is 4.39 Å². The van der Waals surface area contributed by atoms with E-state index < -0.39 is 5.60 Å². The van der Waals surface area contributed by atoms with Gasteiger partial charge >= 0.3 is 0 Å². The molecule has 0 saturated carbocycles. The van der Waals surface area contributed by atoms with E-state index in [4.69, 9.17) is 16.3 Å². The SMILES string of the molecule is CCCOc1ccc(N2C[C@@H](C)N(C[C@@](C)(O)c3ccc(CO)nc3)C[C@H]2c2ccc(F)cc2)c(Cl)c1. The van der Waals surface area contributed by atoms with Gasteiger partial charge in [-0.3, -0.25) is 9.88 Å². The number of piperazine rings is 1. The number of β-amino-alcohol motifs (C(OH)–C–C–N with tert-alkyl or cyclic N) is 1. The molecule has 3 aromatic rings. The number of aliphatic hydroxyl groups excluding tert-OH is 1. The lowest BCUT2D eigenvalue weighted by molar-refractivity contribution is -0.00396. The van der Waals surface area contributed by atoms with Gasteiger partial charge in [0.2, 0.25) is 0 Å². The van der Waals surface area contributed by atoms with Crippen LogP contribution in [0.15, 0.2) is 60.8 Å². The zero-order valence-corrected chi connectivity index (χ0v) is 22.3. The second kappa shape index (κ2) is 11.8. The van der Waals surface area contributed by atoms with Gasteiger partial charge in [0.15, 0.2) is 0 Å². The first-order valence-corrected chi connectivity index (χ1v) is 13.1. The highest BCUT2D eigenvalue weighted by molar-refractivity contribution is 6.33. The number of aromatic nitrogens is 1. The first kappa shape index (κ1) is 27.3. The van der Waals surface area contributed by atoms with Gasteiger partial charge in [0.1, 0.15) is 17.2 Å². The van der Waals surface area contributed by atoms with Crippen LogP contribution in [0.2, 0.25) is 5.02 Å². The fourth-order valence-electron chi connectivity index (χ4n) is 4.84. The number of nitrogens with zero attached hydrogens (tertiary/aromatic N) is 3. The van der Waals surface area contributed by atoms with E-state index in [9.17, 15) is 14.6 Å². The molecule has 6 nitrogen and oxygen atoms in total. The summed E-state index contributed by atoms with van der Waals surface area (Å²) in [7, 11) is 0. The van der Waals surface area contributed by atoms with E-state index >= 15 is 0 Å². The highest BCUT2D eigenvalue weighted by atomic mass is 35.5. The molecule has 2 heterocycles. The van der Waals surface area contributed by atoms with E-state index in [1.165, 1.54) is 12.1 Å². The molecule has 2 aromatic carbocycles. The van der Waals surface area contributed by atoms with Crippen LogP contribution in [-0.2, 0) is 12.2 Å². The lowest BCUT2D eigenvalue weighted by atomic mass is 9.93. The number of hydrogen-bond donors (Lipinski definition) is 2. The van der Waals surface area contributed by atoms with E-state index in [1.54, 1.807) is 25.3 Å². The molecule has 0 spiro atoms. The second-order valence-electron chi connectivity index (χ2n) is 9.93. The highest BCUT2D eigenvalue weighted by Crippen LogP contribution is 2.39. The number of pyridine rings is 1. The maximum Gasteiger partial charge on any atom is 0.123 e. The Morgan fingerprint density at radius 3 is 2.51 bits per heavy atom. The normalized spacial score (nSPS) is 20.0. The average molecular weight is 528 g/mol. The molecule has 0 radical (unpaired) electrons. The van der Waals surface area contributed by atoms with Crippen LogP contribution in [-0.4, -0.2) is 52.4 Å². The van der Waals surface area contributed by atoms with Crippen LogP contribution >= 0.6 is 11.6 Å². The maximum atomic E-state index is 13.8. The number of aliphatic hydroxyl groups is 2. The minimum absolute atomic E-state index is 0.0972. The molecule has 1 aliphatic rings. The van der Waals surface area contributed by atoms with Gasteiger partial charge < -0.3 is 19.8 Å². The second-order valence-corrected chi connectivity index (χ2v) is 10.3. The van der Waals surface area contributed by atoms with Crippen LogP contribution in [0.1, 0.15) is 50.1 Å². The van der Waals surface area contributed by atoms with Crippen LogP contribution in [0.5, 0.6) is 5.75 Å². The predicted octanol–water partition coefficient (Wildman–Crippen LogP) is 5.31. The molecular weight excluding hydrogens is 493 g/mol. The Morgan fingerprint density at radius 2 is 1.89 bits per heavy atom. The lowest BCUT2D eigenvalue weighted by Crippen LogP contribution is -2.56. The molecule has 1 fully saturated rings. The standard InChI is InChI=1S/C29H35ClFN3O3/c1-4-13-37-25-11-12-27(26(30)14-25)34-16-20(2)33(17-28(34)21-5-8-23(31)9-6-21)19-29(3,36)22-7-10-24(18-35)32-15-22/h5-12,14-15,20,28,35-36H,4,13,16-19H2,1-3H3/t20-,28+,29-/m1/s1. The molecule has 37 heavy (non-hydrogen) atoms. The Hall–Kier alpha value is -2.71. The van der Waals surface area contributed by atoms with E-state index in [0.717, 1.165) is 23.4 Å². The highest BCUT2D eigenvalue weighted by Gasteiger charge is 2.37. The average Bonchev–Trinajstić information content (AvgIpc) is 2.89. The van der Waals surface area contributed by atoms with Gasteiger partial charge in [0, 0.05) is 43.5 Å². The lowest BCUT2D eigenvalue weighted by Gasteiger charge is -2.48. The van der Waals surface area contributed by atoms with Crippen molar-refractivity contribution in [3.05, 3.63) is 88.5 Å². The third-order valence-corrected chi connectivity index (χ3v) is 7.25. The molecular formula is C29H35ClFN3O3. The first-order chi connectivity index (χ1) is 17.7. The smallest absolute Gasteiger partial charge is 0.123 e. The molecule has 1 aliphatic heterocycles. The third-order valence-electron chi connectivity index (χ3n) is 6.94. The van der Waals surface area contributed by atoms with Crippen molar-refractivity contribution in [1.29, 1.82) is 0 Å². The van der Waals surface area contributed by atoms with E-state index in [0.29, 0.717) is 42.5 Å². The van der Waals surface area contributed by atoms with Crippen LogP contribution in [0.3, 0.4) is 0 Å². The van der Waals surface area contributed by atoms with Gasteiger partial charge in [-0.2, -0.15) is 0 Å². The minimum Gasteiger partial charge on any atom is -0.494 e. The number of halogens is 2. The molecule has 3 atom stereocenters. The predicted molar refractivity (Wildman–Crippen MR) is 144 cm³/mol. The third kappa shape index (κ3) is 6.41. The summed E-state index contributed by atoms with van der Waals surface area (Å²) in [5.41, 5.74) is 1.95. The summed E-state index contributed by atoms with van der Waals surface area (Å²) in [6.45, 7) is 8.10. The Bertz CT molecular complexity index is 1170. The largest absolute Gasteiger partial charge is 0.494 e. The fraction of sp³-hybridized carbons (Fsp3) is 0.414. The van der Waals surface area contributed by atoms with E-state index in [-0.39, 0.29) is 24.5 Å². The Morgan fingerprint density at radius 1 is 1.14 bits per heavy atom. The van der Waals surface area contributed by atoms with Crippen molar-refractivity contribution >= 4 is 17.3 Å².